The number of hydrogen-bond donors (Lipinski definition) is 1. The lowest BCUT2D eigenvalue weighted by atomic mass is 9.92. The van der Waals surface area contributed by atoms with E-state index in [9.17, 15) is 9.59 Å². The van der Waals surface area contributed by atoms with Gasteiger partial charge in [-0.15, -0.1) is 0 Å². The Morgan fingerprint density at radius 1 is 1.14 bits per heavy atom. The topological polar surface area (TPSA) is 87.7 Å². The molecule has 0 unspecified atom stereocenters. The first-order valence-electron chi connectivity index (χ1n) is 12.7. The third-order valence-corrected chi connectivity index (χ3v) is 7.50. The number of rotatable bonds is 7. The van der Waals surface area contributed by atoms with Crippen LogP contribution in [0.1, 0.15) is 62.2 Å². The number of nitrogens with one attached hydrogen (secondary N) is 1. The lowest BCUT2D eigenvalue weighted by molar-refractivity contribution is -0.129. The second-order valence-corrected chi connectivity index (χ2v) is 11.4. The Labute approximate surface area is 218 Å². The number of anilines is 1. The van der Waals surface area contributed by atoms with E-state index in [1.54, 1.807) is 18.7 Å². The molecule has 1 N–H and O–H groups in total. The number of amides is 2. The van der Waals surface area contributed by atoms with Crippen molar-refractivity contribution in [2.45, 2.75) is 63.0 Å². The molecule has 4 rings (SSSR count). The number of carbonyl (C=O) groups is 2. The molecule has 2 saturated heterocycles. The zero-order valence-corrected chi connectivity index (χ0v) is 22.6. The van der Waals surface area contributed by atoms with E-state index in [1.807, 2.05) is 29.2 Å². The zero-order chi connectivity index (χ0) is 25.7. The van der Waals surface area contributed by atoms with Gasteiger partial charge in [0, 0.05) is 69.1 Å². The lowest BCUT2D eigenvalue weighted by Gasteiger charge is -2.35. The number of carbonyl (C=O) groups excluding carboxylic acids is 2. The van der Waals surface area contributed by atoms with Gasteiger partial charge in [-0.05, 0) is 30.5 Å². The quantitative estimate of drug-likeness (QED) is 0.449. The van der Waals surface area contributed by atoms with Crippen LogP contribution in [0.3, 0.4) is 0 Å². The number of aromatic nitrogens is 2. The zero-order valence-electron chi connectivity index (χ0n) is 21.7. The number of nitrogens with zero attached hydrogens (tertiary/aromatic N) is 4. The molecule has 2 aromatic rings. The molecule has 8 nitrogen and oxygen atoms in total. The Bertz CT molecular complexity index is 1070. The van der Waals surface area contributed by atoms with Crippen molar-refractivity contribution in [2.24, 2.45) is 0 Å². The van der Waals surface area contributed by atoms with Gasteiger partial charge >= 0.3 is 0 Å². The van der Waals surface area contributed by atoms with E-state index in [-0.39, 0.29) is 23.3 Å². The number of benzene rings is 1. The minimum atomic E-state index is -0.116. The van der Waals surface area contributed by atoms with Crippen LogP contribution < -0.4 is 10.2 Å². The van der Waals surface area contributed by atoms with E-state index >= 15 is 0 Å². The van der Waals surface area contributed by atoms with Crippen molar-refractivity contribution in [3.8, 4) is 0 Å². The highest BCUT2D eigenvalue weighted by Gasteiger charge is 2.24. The van der Waals surface area contributed by atoms with E-state index in [0.717, 1.165) is 54.8 Å². The molecule has 0 spiro atoms. The summed E-state index contributed by atoms with van der Waals surface area (Å²) in [6, 6.07) is 9.80. The minimum absolute atomic E-state index is 0.0738. The van der Waals surface area contributed by atoms with Crippen molar-refractivity contribution in [2.75, 3.05) is 44.2 Å². The third-order valence-electron chi connectivity index (χ3n) is 6.58. The van der Waals surface area contributed by atoms with Crippen molar-refractivity contribution < 1.29 is 14.3 Å². The van der Waals surface area contributed by atoms with Crippen molar-refractivity contribution in [3.05, 3.63) is 47.2 Å². The molecule has 0 saturated carbocycles. The molecule has 3 heterocycles. The van der Waals surface area contributed by atoms with Gasteiger partial charge in [0.2, 0.25) is 5.91 Å². The van der Waals surface area contributed by atoms with Crippen molar-refractivity contribution in [3.63, 3.8) is 0 Å². The Morgan fingerprint density at radius 2 is 1.92 bits per heavy atom. The second-order valence-electron chi connectivity index (χ2n) is 10.5. The van der Waals surface area contributed by atoms with E-state index in [2.05, 4.69) is 37.1 Å². The highest BCUT2D eigenvalue weighted by molar-refractivity contribution is 7.98. The van der Waals surface area contributed by atoms with Crippen molar-refractivity contribution in [1.82, 2.24) is 20.2 Å². The largest absolute Gasteiger partial charge is 0.376 e. The summed E-state index contributed by atoms with van der Waals surface area (Å²) >= 11 is 1.58. The van der Waals surface area contributed by atoms with E-state index in [4.69, 9.17) is 14.7 Å². The van der Waals surface area contributed by atoms with E-state index in [1.165, 1.54) is 0 Å². The van der Waals surface area contributed by atoms with Crippen molar-refractivity contribution in [1.29, 1.82) is 0 Å². The van der Waals surface area contributed by atoms with Gasteiger partial charge in [0.1, 0.15) is 5.82 Å². The van der Waals surface area contributed by atoms with Crippen LogP contribution in [0.4, 0.5) is 5.82 Å². The Hall–Kier alpha value is -2.65. The minimum Gasteiger partial charge on any atom is -0.376 e. The molecule has 2 fully saturated rings. The molecular formula is C27H37N5O3S. The van der Waals surface area contributed by atoms with Crippen molar-refractivity contribution >= 4 is 29.4 Å². The summed E-state index contributed by atoms with van der Waals surface area (Å²) in [5.41, 5.74) is 2.58. The first-order valence-corrected chi connectivity index (χ1v) is 13.7. The van der Waals surface area contributed by atoms with E-state index in [0.29, 0.717) is 31.0 Å². The van der Waals surface area contributed by atoms with Gasteiger partial charge in [-0.1, -0.05) is 44.7 Å². The van der Waals surface area contributed by atoms with Gasteiger partial charge in [-0.25, -0.2) is 9.97 Å². The summed E-state index contributed by atoms with van der Waals surface area (Å²) in [5.74, 6) is 1.61. The molecule has 9 heteroatoms. The SMILES string of the molecule is CC(=O)N1CCN(c2cc(C(C)(C)C)nc(SCc3cccc(C(=O)NC[C@@H]4CCCO4)c3)n2)CC1. The molecular weight excluding hydrogens is 474 g/mol. The van der Waals surface area contributed by atoms with Crippen LogP contribution in [0, 0.1) is 0 Å². The molecule has 194 valence electrons. The summed E-state index contributed by atoms with van der Waals surface area (Å²) < 4.78 is 5.60. The molecule has 0 aliphatic carbocycles. The normalized spacial score (nSPS) is 18.4. The standard InChI is InChI=1S/C27H37N5O3S/c1-19(33)31-10-12-32(13-11-31)24-16-23(27(2,3)4)29-26(30-24)36-18-20-7-5-8-21(15-20)25(34)28-17-22-9-6-14-35-22/h5,7-8,15-16,22H,6,9-14,17-18H2,1-4H3,(H,28,34)/t22-/m0/s1. The molecule has 1 atom stereocenters. The average Bonchev–Trinajstić information content (AvgIpc) is 3.39. The maximum atomic E-state index is 12.6. The Morgan fingerprint density at radius 3 is 2.58 bits per heavy atom. The fourth-order valence-corrected chi connectivity index (χ4v) is 5.13. The Kier molecular flexibility index (Phi) is 8.51. The van der Waals surface area contributed by atoms with Gasteiger partial charge in [0.15, 0.2) is 5.16 Å². The maximum Gasteiger partial charge on any atom is 0.251 e. The molecule has 2 aliphatic heterocycles. The number of thioether (sulfide) groups is 1. The van der Waals surface area contributed by atoms with Crippen LogP contribution in [0.2, 0.25) is 0 Å². The number of piperazine rings is 1. The summed E-state index contributed by atoms with van der Waals surface area (Å²) in [6.45, 7) is 12.3. The van der Waals surface area contributed by atoms with Crippen LogP contribution in [-0.4, -0.2) is 72.1 Å². The van der Waals surface area contributed by atoms with Gasteiger partial charge in [-0.2, -0.15) is 0 Å². The molecule has 2 amide bonds. The van der Waals surface area contributed by atoms with Crippen LogP contribution in [0.15, 0.2) is 35.5 Å². The number of hydrogen-bond acceptors (Lipinski definition) is 7. The first kappa shape index (κ1) is 26.4. The summed E-state index contributed by atoms with van der Waals surface area (Å²) in [5, 5.41) is 3.72. The van der Waals surface area contributed by atoms with Gasteiger partial charge in [0.05, 0.1) is 11.8 Å². The van der Waals surface area contributed by atoms with Gasteiger partial charge < -0.3 is 19.9 Å². The monoisotopic (exact) mass is 511 g/mol. The fraction of sp³-hybridized carbons (Fsp3) is 0.556. The van der Waals surface area contributed by atoms with Crippen LogP contribution >= 0.6 is 11.8 Å². The van der Waals surface area contributed by atoms with Crippen LogP contribution in [0.25, 0.3) is 0 Å². The lowest BCUT2D eigenvalue weighted by Crippen LogP contribution is -2.48. The summed E-state index contributed by atoms with van der Waals surface area (Å²) in [4.78, 5) is 38.2. The molecule has 2 aliphatic rings. The molecule has 0 bridgehead atoms. The molecule has 1 aromatic heterocycles. The third kappa shape index (κ3) is 6.97. The van der Waals surface area contributed by atoms with Gasteiger partial charge in [0.25, 0.3) is 5.91 Å². The van der Waals surface area contributed by atoms with Crippen LogP contribution in [-0.2, 0) is 20.7 Å². The van der Waals surface area contributed by atoms with Crippen LogP contribution in [0.5, 0.6) is 0 Å². The number of ether oxygens (including phenoxy) is 1. The molecule has 36 heavy (non-hydrogen) atoms. The first-order chi connectivity index (χ1) is 17.2. The fourth-order valence-electron chi connectivity index (χ4n) is 4.34. The highest BCUT2D eigenvalue weighted by Crippen LogP contribution is 2.29. The predicted molar refractivity (Wildman–Crippen MR) is 143 cm³/mol. The van der Waals surface area contributed by atoms with Gasteiger partial charge in [-0.3, -0.25) is 9.59 Å². The second kappa shape index (κ2) is 11.6. The van der Waals surface area contributed by atoms with E-state index < -0.39 is 0 Å². The Balaban J connectivity index is 1.43. The maximum absolute atomic E-state index is 12.6. The summed E-state index contributed by atoms with van der Waals surface area (Å²) in [6.07, 6.45) is 2.18. The summed E-state index contributed by atoms with van der Waals surface area (Å²) in [7, 11) is 0. The smallest absolute Gasteiger partial charge is 0.251 e. The highest BCUT2D eigenvalue weighted by atomic mass is 32.2. The average molecular weight is 512 g/mol. The molecule has 0 radical (unpaired) electrons. The predicted octanol–water partition coefficient (Wildman–Crippen LogP) is 3.64. The molecule has 1 aromatic carbocycles.